The predicted octanol–water partition coefficient (Wildman–Crippen LogP) is 3.04. The molecule has 0 radical (unpaired) electrons. The molecule has 1 saturated heterocycles. The number of carbonyl (C=O) groups is 1. The highest BCUT2D eigenvalue weighted by atomic mass is 16.5. The van der Waals surface area contributed by atoms with E-state index in [1.807, 2.05) is 65.6 Å². The lowest BCUT2D eigenvalue weighted by molar-refractivity contribution is -0.135. The van der Waals surface area contributed by atoms with Crippen molar-refractivity contribution in [2.45, 2.75) is 18.9 Å². The van der Waals surface area contributed by atoms with Crippen LogP contribution in [-0.4, -0.2) is 35.6 Å². The van der Waals surface area contributed by atoms with E-state index in [0.29, 0.717) is 18.8 Å². The Bertz CT molecular complexity index is 636. The number of hydrogen-bond donors (Lipinski definition) is 1. The monoisotopic (exact) mass is 325 g/mol. The van der Waals surface area contributed by atoms with Crippen molar-refractivity contribution in [1.29, 1.82) is 0 Å². The van der Waals surface area contributed by atoms with E-state index in [9.17, 15) is 9.90 Å². The number of nitrogens with zero attached hydrogens (tertiary/aromatic N) is 1. The first-order valence-electron chi connectivity index (χ1n) is 8.42. The molecule has 0 aromatic heterocycles. The van der Waals surface area contributed by atoms with Crippen LogP contribution in [0.4, 0.5) is 0 Å². The van der Waals surface area contributed by atoms with Crippen LogP contribution < -0.4 is 4.74 Å². The smallest absolute Gasteiger partial charge is 0.260 e. The van der Waals surface area contributed by atoms with Crippen molar-refractivity contribution in [2.75, 3.05) is 19.7 Å². The molecule has 2 aromatic carbocycles. The van der Waals surface area contributed by atoms with Crippen molar-refractivity contribution >= 4 is 5.91 Å². The first-order valence-corrected chi connectivity index (χ1v) is 8.42. The van der Waals surface area contributed by atoms with Crippen LogP contribution in [0.5, 0.6) is 5.75 Å². The second-order valence-corrected chi connectivity index (χ2v) is 6.18. The van der Waals surface area contributed by atoms with Gasteiger partial charge in [-0.3, -0.25) is 4.79 Å². The van der Waals surface area contributed by atoms with Gasteiger partial charge in [-0.2, -0.15) is 0 Å². The van der Waals surface area contributed by atoms with E-state index in [2.05, 4.69) is 0 Å². The highest BCUT2D eigenvalue weighted by Crippen LogP contribution is 2.30. The van der Waals surface area contributed by atoms with Crippen LogP contribution in [0, 0.1) is 5.92 Å². The van der Waals surface area contributed by atoms with Gasteiger partial charge in [0.05, 0.1) is 6.10 Å². The number of aliphatic hydroxyl groups is 1. The molecule has 126 valence electrons. The summed E-state index contributed by atoms with van der Waals surface area (Å²) in [7, 11) is 0. The van der Waals surface area contributed by atoms with Gasteiger partial charge in [-0.1, -0.05) is 48.5 Å². The van der Waals surface area contributed by atoms with Crippen LogP contribution in [0.1, 0.15) is 24.5 Å². The van der Waals surface area contributed by atoms with Crippen molar-refractivity contribution in [2.24, 2.45) is 5.92 Å². The first-order chi connectivity index (χ1) is 11.7. The number of ether oxygens (including phenoxy) is 1. The molecule has 3 rings (SSSR count). The van der Waals surface area contributed by atoms with E-state index in [0.717, 1.165) is 18.4 Å². The van der Waals surface area contributed by atoms with Crippen LogP contribution in [0.3, 0.4) is 0 Å². The zero-order valence-electron chi connectivity index (χ0n) is 13.7. The molecule has 1 fully saturated rings. The molecule has 0 bridgehead atoms. The molecule has 4 heteroatoms. The maximum absolute atomic E-state index is 12.3. The Labute approximate surface area is 142 Å². The predicted molar refractivity (Wildman–Crippen MR) is 92.6 cm³/mol. The second-order valence-electron chi connectivity index (χ2n) is 6.18. The van der Waals surface area contributed by atoms with E-state index >= 15 is 0 Å². The van der Waals surface area contributed by atoms with Crippen LogP contribution in [0.2, 0.25) is 0 Å². The van der Waals surface area contributed by atoms with Crippen molar-refractivity contribution in [3.05, 3.63) is 66.2 Å². The summed E-state index contributed by atoms with van der Waals surface area (Å²) in [6, 6.07) is 19.1. The molecule has 1 atom stereocenters. The van der Waals surface area contributed by atoms with E-state index in [-0.39, 0.29) is 18.4 Å². The zero-order chi connectivity index (χ0) is 16.8. The lowest BCUT2D eigenvalue weighted by atomic mass is 9.87. The molecular weight excluding hydrogens is 302 g/mol. The van der Waals surface area contributed by atoms with Crippen LogP contribution in [-0.2, 0) is 4.79 Å². The molecule has 0 saturated carbocycles. The lowest BCUT2D eigenvalue weighted by Crippen LogP contribution is -2.42. The fraction of sp³-hybridized carbons (Fsp3) is 0.350. The molecular formula is C20H23NO3. The lowest BCUT2D eigenvalue weighted by Gasteiger charge is -2.34. The Morgan fingerprint density at radius 3 is 2.25 bits per heavy atom. The second kappa shape index (κ2) is 7.97. The topological polar surface area (TPSA) is 49.8 Å². The molecule has 4 nitrogen and oxygen atoms in total. The SMILES string of the molecule is O=C(COc1ccccc1)N1CCC(C(O)c2ccccc2)CC1. The summed E-state index contributed by atoms with van der Waals surface area (Å²) < 4.78 is 5.52. The summed E-state index contributed by atoms with van der Waals surface area (Å²) in [4.78, 5) is 14.1. The van der Waals surface area contributed by atoms with E-state index in [1.165, 1.54) is 0 Å². The van der Waals surface area contributed by atoms with Crippen molar-refractivity contribution in [1.82, 2.24) is 4.90 Å². The molecule has 0 spiro atoms. The van der Waals surface area contributed by atoms with Crippen molar-refractivity contribution < 1.29 is 14.6 Å². The minimum atomic E-state index is -0.455. The van der Waals surface area contributed by atoms with Crippen LogP contribution >= 0.6 is 0 Å². The Balaban J connectivity index is 1.47. The number of carbonyl (C=O) groups excluding carboxylic acids is 1. The largest absolute Gasteiger partial charge is 0.484 e. The molecule has 1 N–H and O–H groups in total. The third-order valence-corrected chi connectivity index (χ3v) is 4.59. The van der Waals surface area contributed by atoms with Crippen LogP contribution in [0.25, 0.3) is 0 Å². The number of aliphatic hydroxyl groups excluding tert-OH is 1. The minimum absolute atomic E-state index is 0.00602. The average Bonchev–Trinajstić information content (AvgIpc) is 2.67. The van der Waals surface area contributed by atoms with Gasteiger partial charge < -0.3 is 14.7 Å². The van der Waals surface area contributed by atoms with Gasteiger partial charge in [-0.15, -0.1) is 0 Å². The third-order valence-electron chi connectivity index (χ3n) is 4.59. The molecule has 1 amide bonds. The van der Waals surface area contributed by atoms with Gasteiger partial charge in [0.25, 0.3) is 5.91 Å². The molecule has 1 unspecified atom stereocenters. The fourth-order valence-electron chi connectivity index (χ4n) is 3.14. The maximum Gasteiger partial charge on any atom is 0.260 e. The van der Waals surface area contributed by atoms with E-state index < -0.39 is 6.10 Å². The van der Waals surface area contributed by atoms with E-state index in [1.54, 1.807) is 0 Å². The molecule has 0 aliphatic carbocycles. The zero-order valence-corrected chi connectivity index (χ0v) is 13.7. The van der Waals surface area contributed by atoms with Gasteiger partial charge in [0.15, 0.2) is 6.61 Å². The summed E-state index contributed by atoms with van der Waals surface area (Å²) in [6.45, 7) is 1.41. The molecule has 1 heterocycles. The number of amides is 1. The standard InChI is InChI=1S/C20H23NO3/c22-19(15-24-18-9-5-2-6-10-18)21-13-11-17(12-14-21)20(23)16-7-3-1-4-8-16/h1-10,17,20,23H,11-15H2. The van der Waals surface area contributed by atoms with Gasteiger partial charge >= 0.3 is 0 Å². The number of benzene rings is 2. The minimum Gasteiger partial charge on any atom is -0.484 e. The van der Waals surface area contributed by atoms with Gasteiger partial charge in [0.2, 0.25) is 0 Å². The highest BCUT2D eigenvalue weighted by Gasteiger charge is 2.28. The maximum atomic E-state index is 12.3. The molecule has 2 aromatic rings. The highest BCUT2D eigenvalue weighted by molar-refractivity contribution is 5.77. The summed E-state index contributed by atoms with van der Waals surface area (Å²) in [6.07, 6.45) is 1.17. The van der Waals surface area contributed by atoms with E-state index in [4.69, 9.17) is 4.74 Å². The summed E-state index contributed by atoms with van der Waals surface area (Å²) >= 11 is 0. The van der Waals surface area contributed by atoms with Crippen molar-refractivity contribution in [3.8, 4) is 5.75 Å². The normalized spacial score (nSPS) is 16.6. The quantitative estimate of drug-likeness (QED) is 0.919. The Kier molecular flexibility index (Phi) is 5.49. The Morgan fingerprint density at radius 2 is 1.62 bits per heavy atom. The molecule has 1 aliphatic heterocycles. The average molecular weight is 325 g/mol. The Morgan fingerprint density at radius 1 is 1.04 bits per heavy atom. The molecule has 24 heavy (non-hydrogen) atoms. The van der Waals surface area contributed by atoms with Gasteiger partial charge in [-0.25, -0.2) is 0 Å². The first kappa shape index (κ1) is 16.5. The van der Waals surface area contributed by atoms with Gasteiger partial charge in [0.1, 0.15) is 5.75 Å². The number of likely N-dealkylation sites (tertiary alicyclic amines) is 1. The summed E-state index contributed by atoms with van der Waals surface area (Å²) in [5.74, 6) is 0.915. The number of hydrogen-bond acceptors (Lipinski definition) is 3. The number of rotatable bonds is 5. The summed E-state index contributed by atoms with van der Waals surface area (Å²) in [5.41, 5.74) is 0.953. The van der Waals surface area contributed by atoms with Gasteiger partial charge in [-0.05, 0) is 36.5 Å². The Hall–Kier alpha value is -2.33. The number of piperidine rings is 1. The fourth-order valence-corrected chi connectivity index (χ4v) is 3.14. The third kappa shape index (κ3) is 4.15. The van der Waals surface area contributed by atoms with Crippen LogP contribution in [0.15, 0.2) is 60.7 Å². The molecule has 1 aliphatic rings. The van der Waals surface area contributed by atoms with Crippen molar-refractivity contribution in [3.63, 3.8) is 0 Å². The van der Waals surface area contributed by atoms with Gasteiger partial charge in [0, 0.05) is 13.1 Å². The number of para-hydroxylation sites is 1. The summed E-state index contributed by atoms with van der Waals surface area (Å²) in [5, 5.41) is 10.5.